The summed E-state index contributed by atoms with van der Waals surface area (Å²) >= 11 is 0. The van der Waals surface area contributed by atoms with Crippen molar-refractivity contribution in [2.24, 2.45) is 13.0 Å². The minimum atomic E-state index is -1.04. The molecular weight excluding hydrogens is 351 g/mol. The Balaban J connectivity index is 1.75. The van der Waals surface area contributed by atoms with Gasteiger partial charge in [0.05, 0.1) is 37.5 Å². The first kappa shape index (κ1) is 17.3. The molecule has 0 aliphatic heterocycles. The fourth-order valence-electron chi connectivity index (χ4n) is 3.18. The quantitative estimate of drug-likeness (QED) is 0.747. The molecule has 1 fully saturated rings. The van der Waals surface area contributed by atoms with Gasteiger partial charge in [0.1, 0.15) is 23.3 Å². The lowest BCUT2D eigenvalue weighted by atomic mass is 10.1. The van der Waals surface area contributed by atoms with Crippen LogP contribution in [-0.4, -0.2) is 40.8 Å². The van der Waals surface area contributed by atoms with Crippen molar-refractivity contribution < 1.29 is 18.7 Å². The molecule has 3 heterocycles. The van der Waals surface area contributed by atoms with Gasteiger partial charge in [0.15, 0.2) is 0 Å². The zero-order chi connectivity index (χ0) is 19.1. The van der Waals surface area contributed by atoms with Gasteiger partial charge in [-0.25, -0.2) is 14.4 Å². The van der Waals surface area contributed by atoms with E-state index in [0.717, 1.165) is 22.2 Å². The van der Waals surface area contributed by atoms with E-state index in [-0.39, 0.29) is 12.3 Å². The maximum absolute atomic E-state index is 13.1. The van der Waals surface area contributed by atoms with E-state index >= 15 is 0 Å². The summed E-state index contributed by atoms with van der Waals surface area (Å²) in [5.41, 5.74) is 2.43. The van der Waals surface area contributed by atoms with Crippen molar-refractivity contribution in [2.45, 2.75) is 12.6 Å². The molecule has 0 aromatic carbocycles. The van der Waals surface area contributed by atoms with Gasteiger partial charge in [-0.1, -0.05) is 0 Å². The van der Waals surface area contributed by atoms with Crippen LogP contribution in [0.15, 0.2) is 30.6 Å². The molecule has 7 nitrogen and oxygen atoms in total. The minimum absolute atomic E-state index is 0.282. The molecule has 2 atom stereocenters. The maximum Gasteiger partial charge on any atom is 0.231 e. The van der Waals surface area contributed by atoms with Gasteiger partial charge < -0.3 is 19.4 Å². The third kappa shape index (κ3) is 2.97. The SMILES string of the molecule is COc1ccnc(OC)c1-c1cc2cc(NC(=O)C3CC3F)ncc2n1C. The Hall–Kier alpha value is -3.16. The number of anilines is 1. The van der Waals surface area contributed by atoms with Gasteiger partial charge in [-0.15, -0.1) is 0 Å². The summed E-state index contributed by atoms with van der Waals surface area (Å²) in [5.74, 6) is 0.592. The molecular formula is C19H19FN4O3. The molecule has 27 heavy (non-hydrogen) atoms. The Morgan fingerprint density at radius 2 is 2.07 bits per heavy atom. The number of hydrogen-bond acceptors (Lipinski definition) is 5. The zero-order valence-corrected chi connectivity index (χ0v) is 15.2. The molecule has 3 aromatic rings. The Bertz CT molecular complexity index is 1010. The Morgan fingerprint density at radius 1 is 1.30 bits per heavy atom. The number of amides is 1. The molecule has 1 aliphatic rings. The van der Waals surface area contributed by atoms with Crippen molar-refractivity contribution in [3.8, 4) is 22.9 Å². The molecule has 1 N–H and O–H groups in total. The number of nitrogens with one attached hydrogen (secondary N) is 1. The number of aryl methyl sites for hydroxylation is 1. The lowest BCUT2D eigenvalue weighted by molar-refractivity contribution is -0.117. The first-order chi connectivity index (χ1) is 13.0. The zero-order valence-electron chi connectivity index (χ0n) is 15.2. The number of halogens is 1. The summed E-state index contributed by atoms with van der Waals surface area (Å²) in [6.45, 7) is 0. The van der Waals surface area contributed by atoms with Crippen molar-refractivity contribution in [2.75, 3.05) is 19.5 Å². The van der Waals surface area contributed by atoms with E-state index in [1.165, 1.54) is 0 Å². The molecule has 4 rings (SSSR count). The van der Waals surface area contributed by atoms with E-state index in [2.05, 4.69) is 15.3 Å². The third-order valence-corrected chi connectivity index (χ3v) is 4.78. The van der Waals surface area contributed by atoms with Gasteiger partial charge in [0, 0.05) is 18.6 Å². The number of pyridine rings is 2. The van der Waals surface area contributed by atoms with E-state index in [9.17, 15) is 9.18 Å². The molecule has 8 heteroatoms. The van der Waals surface area contributed by atoms with Crippen LogP contribution in [0.3, 0.4) is 0 Å². The van der Waals surface area contributed by atoms with Crippen molar-refractivity contribution in [1.29, 1.82) is 0 Å². The second-order valence-electron chi connectivity index (χ2n) is 6.46. The second-order valence-corrected chi connectivity index (χ2v) is 6.46. The fourth-order valence-corrected chi connectivity index (χ4v) is 3.18. The lowest BCUT2D eigenvalue weighted by Gasteiger charge is -2.12. The molecule has 0 bridgehead atoms. The number of rotatable bonds is 5. The van der Waals surface area contributed by atoms with E-state index in [1.54, 1.807) is 38.7 Å². The fraction of sp³-hybridized carbons (Fsp3) is 0.316. The monoisotopic (exact) mass is 370 g/mol. The Labute approximate surface area is 155 Å². The van der Waals surface area contributed by atoms with Gasteiger partial charge in [0.25, 0.3) is 0 Å². The summed E-state index contributed by atoms with van der Waals surface area (Å²) < 4.78 is 25.9. The number of nitrogens with zero attached hydrogens (tertiary/aromatic N) is 3. The van der Waals surface area contributed by atoms with Crippen LogP contribution in [0.1, 0.15) is 6.42 Å². The van der Waals surface area contributed by atoms with Crippen LogP contribution in [0.4, 0.5) is 10.2 Å². The summed E-state index contributed by atoms with van der Waals surface area (Å²) in [5, 5.41) is 3.55. The highest BCUT2D eigenvalue weighted by Crippen LogP contribution is 2.39. The minimum Gasteiger partial charge on any atom is -0.496 e. The van der Waals surface area contributed by atoms with Crippen LogP contribution in [0.25, 0.3) is 22.2 Å². The summed E-state index contributed by atoms with van der Waals surface area (Å²) in [7, 11) is 5.05. The molecule has 0 saturated heterocycles. The van der Waals surface area contributed by atoms with Crippen molar-refractivity contribution in [3.63, 3.8) is 0 Å². The average Bonchev–Trinajstić information content (AvgIpc) is 3.33. The third-order valence-electron chi connectivity index (χ3n) is 4.78. The van der Waals surface area contributed by atoms with Gasteiger partial charge >= 0.3 is 0 Å². The molecule has 1 saturated carbocycles. The van der Waals surface area contributed by atoms with Crippen molar-refractivity contribution >= 4 is 22.6 Å². The first-order valence-electron chi connectivity index (χ1n) is 8.51. The summed E-state index contributed by atoms with van der Waals surface area (Å²) in [6.07, 6.45) is 2.53. The van der Waals surface area contributed by atoms with E-state index in [4.69, 9.17) is 9.47 Å². The van der Waals surface area contributed by atoms with Gasteiger partial charge in [-0.05, 0) is 24.6 Å². The number of hydrogen-bond donors (Lipinski definition) is 1. The molecule has 2 unspecified atom stereocenters. The number of ether oxygens (including phenoxy) is 2. The number of aromatic nitrogens is 3. The van der Waals surface area contributed by atoms with Crippen LogP contribution >= 0.6 is 0 Å². The molecule has 1 amide bonds. The number of carbonyl (C=O) groups excluding carboxylic acids is 1. The Kier molecular flexibility index (Phi) is 4.18. The van der Waals surface area contributed by atoms with Crippen LogP contribution in [0.5, 0.6) is 11.6 Å². The molecule has 140 valence electrons. The van der Waals surface area contributed by atoms with Gasteiger partial charge in [-0.2, -0.15) is 0 Å². The highest BCUT2D eigenvalue weighted by molar-refractivity contribution is 5.96. The molecule has 3 aromatic heterocycles. The number of methoxy groups -OCH3 is 2. The summed E-state index contributed by atoms with van der Waals surface area (Å²) in [6, 6.07) is 5.48. The first-order valence-corrected chi connectivity index (χ1v) is 8.51. The average molecular weight is 370 g/mol. The number of fused-ring (bicyclic) bond motifs is 1. The molecule has 1 aliphatic carbocycles. The lowest BCUT2D eigenvalue weighted by Crippen LogP contribution is -2.15. The van der Waals surface area contributed by atoms with Crippen LogP contribution in [-0.2, 0) is 11.8 Å². The predicted molar refractivity (Wildman–Crippen MR) is 98.7 cm³/mol. The second kappa shape index (κ2) is 6.53. The van der Waals surface area contributed by atoms with Crippen LogP contribution in [0, 0.1) is 5.92 Å². The highest BCUT2D eigenvalue weighted by atomic mass is 19.1. The molecule has 0 spiro atoms. The van der Waals surface area contributed by atoms with Crippen molar-refractivity contribution in [3.05, 3.63) is 30.6 Å². The maximum atomic E-state index is 13.1. The van der Waals surface area contributed by atoms with E-state index in [0.29, 0.717) is 17.4 Å². The largest absolute Gasteiger partial charge is 0.496 e. The normalized spacial score (nSPS) is 18.4. The number of carbonyl (C=O) groups is 1. The number of alkyl halides is 1. The predicted octanol–water partition coefficient (Wildman–Crippen LogP) is 2.95. The van der Waals surface area contributed by atoms with Gasteiger partial charge in [-0.3, -0.25) is 4.79 Å². The molecule has 0 radical (unpaired) electrons. The van der Waals surface area contributed by atoms with Crippen molar-refractivity contribution in [1.82, 2.24) is 14.5 Å². The van der Waals surface area contributed by atoms with E-state index in [1.807, 2.05) is 17.7 Å². The summed E-state index contributed by atoms with van der Waals surface area (Å²) in [4.78, 5) is 20.5. The van der Waals surface area contributed by atoms with Crippen LogP contribution in [0.2, 0.25) is 0 Å². The topological polar surface area (TPSA) is 78.3 Å². The van der Waals surface area contributed by atoms with E-state index < -0.39 is 12.1 Å². The van der Waals surface area contributed by atoms with Crippen LogP contribution < -0.4 is 14.8 Å². The smallest absolute Gasteiger partial charge is 0.231 e. The highest BCUT2D eigenvalue weighted by Gasteiger charge is 2.43. The van der Waals surface area contributed by atoms with Gasteiger partial charge in [0.2, 0.25) is 11.8 Å². The standard InChI is InChI=1S/C19H19FN4O3/c1-24-13(17-15(26-2)4-5-21-19(17)27-3)6-10-7-16(22-9-14(10)24)23-18(25)11-8-12(11)20/h4-7,9,11-12H,8H2,1-3H3,(H,22,23,25). The Morgan fingerprint density at radius 3 is 2.74 bits per heavy atom.